The molecule has 1 aliphatic heterocycles. The summed E-state index contributed by atoms with van der Waals surface area (Å²) < 4.78 is 0. The summed E-state index contributed by atoms with van der Waals surface area (Å²) in [6, 6.07) is 9.39. The van der Waals surface area contributed by atoms with Crippen LogP contribution < -0.4 is 5.32 Å². The van der Waals surface area contributed by atoms with Crippen LogP contribution in [0, 0.1) is 0 Å². The van der Waals surface area contributed by atoms with Gasteiger partial charge in [-0.15, -0.1) is 0 Å². The first-order valence-electron chi connectivity index (χ1n) is 7.63. The Morgan fingerprint density at radius 2 is 2.00 bits per heavy atom. The van der Waals surface area contributed by atoms with Crippen molar-refractivity contribution in [2.75, 3.05) is 6.54 Å². The molecule has 2 aliphatic rings. The Morgan fingerprint density at radius 3 is 2.78 bits per heavy atom. The van der Waals surface area contributed by atoms with Gasteiger partial charge in [-0.2, -0.15) is 0 Å². The van der Waals surface area contributed by atoms with Crippen LogP contribution in [0.25, 0.3) is 0 Å². The van der Waals surface area contributed by atoms with Crippen LogP contribution in [0.1, 0.15) is 68.9 Å². The average Bonchev–Trinajstić information content (AvgIpc) is 2.53. The van der Waals surface area contributed by atoms with Gasteiger partial charge >= 0.3 is 0 Å². The Morgan fingerprint density at radius 1 is 1.11 bits per heavy atom. The number of benzene rings is 1. The van der Waals surface area contributed by atoms with Crippen molar-refractivity contribution in [1.82, 2.24) is 5.32 Å². The molecule has 1 aliphatic carbocycles. The van der Waals surface area contributed by atoms with Crippen molar-refractivity contribution >= 4 is 0 Å². The van der Waals surface area contributed by atoms with E-state index in [-0.39, 0.29) is 5.54 Å². The van der Waals surface area contributed by atoms with E-state index in [0.29, 0.717) is 0 Å². The van der Waals surface area contributed by atoms with Gasteiger partial charge in [0.15, 0.2) is 0 Å². The minimum Gasteiger partial charge on any atom is -0.308 e. The summed E-state index contributed by atoms with van der Waals surface area (Å²) in [7, 11) is 0. The normalized spacial score (nSPS) is 29.6. The molecule has 1 aromatic carbocycles. The van der Waals surface area contributed by atoms with Gasteiger partial charge in [0.05, 0.1) is 0 Å². The van der Waals surface area contributed by atoms with Gasteiger partial charge in [0.25, 0.3) is 0 Å². The molecule has 0 radical (unpaired) electrons. The monoisotopic (exact) mass is 243 g/mol. The van der Waals surface area contributed by atoms with Gasteiger partial charge in [0.2, 0.25) is 0 Å². The standard InChI is InChI=1S/C17H25N/c1-17(11-3-2-4-12-18-17)16-10-6-9-15(13-16)14-7-5-8-14/h6,9-10,13-14,18H,2-5,7-8,11-12H2,1H3. The summed E-state index contributed by atoms with van der Waals surface area (Å²) in [6.07, 6.45) is 9.56. The van der Waals surface area contributed by atoms with Gasteiger partial charge < -0.3 is 5.32 Å². The quantitative estimate of drug-likeness (QED) is 0.815. The first-order valence-corrected chi connectivity index (χ1v) is 7.63. The fraction of sp³-hybridized carbons (Fsp3) is 0.647. The fourth-order valence-corrected chi connectivity index (χ4v) is 3.36. The van der Waals surface area contributed by atoms with Crippen LogP contribution in [-0.2, 0) is 5.54 Å². The molecule has 1 nitrogen and oxygen atoms in total. The van der Waals surface area contributed by atoms with E-state index in [2.05, 4.69) is 36.5 Å². The van der Waals surface area contributed by atoms with E-state index in [1.165, 1.54) is 57.1 Å². The zero-order valence-electron chi connectivity index (χ0n) is 11.5. The van der Waals surface area contributed by atoms with E-state index in [1.807, 2.05) is 0 Å². The van der Waals surface area contributed by atoms with Crippen molar-refractivity contribution in [3.63, 3.8) is 0 Å². The van der Waals surface area contributed by atoms with Crippen molar-refractivity contribution in [2.24, 2.45) is 0 Å². The second-order valence-corrected chi connectivity index (χ2v) is 6.32. The molecule has 18 heavy (non-hydrogen) atoms. The second-order valence-electron chi connectivity index (χ2n) is 6.32. The lowest BCUT2D eigenvalue weighted by Gasteiger charge is -2.32. The van der Waals surface area contributed by atoms with Crippen LogP contribution in [-0.4, -0.2) is 6.54 Å². The van der Waals surface area contributed by atoms with Crippen molar-refractivity contribution < 1.29 is 0 Å². The van der Waals surface area contributed by atoms with Gasteiger partial charge in [-0.25, -0.2) is 0 Å². The molecule has 0 amide bonds. The zero-order chi connectivity index (χ0) is 12.4. The fourth-order valence-electron chi connectivity index (χ4n) is 3.36. The lowest BCUT2D eigenvalue weighted by atomic mass is 9.78. The maximum atomic E-state index is 3.78. The van der Waals surface area contributed by atoms with E-state index in [1.54, 1.807) is 5.56 Å². The predicted molar refractivity (Wildman–Crippen MR) is 76.9 cm³/mol. The third kappa shape index (κ3) is 2.33. The van der Waals surface area contributed by atoms with Crippen LogP contribution in [0.15, 0.2) is 24.3 Å². The second kappa shape index (κ2) is 5.05. The molecule has 0 spiro atoms. The van der Waals surface area contributed by atoms with Gasteiger partial charge in [-0.1, -0.05) is 43.5 Å². The van der Waals surface area contributed by atoms with Crippen LogP contribution in [0.2, 0.25) is 0 Å². The molecule has 2 fully saturated rings. The molecule has 0 bridgehead atoms. The summed E-state index contributed by atoms with van der Waals surface area (Å²) in [4.78, 5) is 0. The highest BCUT2D eigenvalue weighted by Gasteiger charge is 2.28. The van der Waals surface area contributed by atoms with Crippen molar-refractivity contribution in [3.05, 3.63) is 35.4 Å². The van der Waals surface area contributed by atoms with Gasteiger partial charge in [-0.3, -0.25) is 0 Å². The van der Waals surface area contributed by atoms with E-state index >= 15 is 0 Å². The molecular weight excluding hydrogens is 218 g/mol. The van der Waals surface area contributed by atoms with Crippen LogP contribution in [0.4, 0.5) is 0 Å². The Bertz CT molecular complexity index is 398. The van der Waals surface area contributed by atoms with Crippen LogP contribution in [0.3, 0.4) is 0 Å². The molecule has 1 heteroatoms. The van der Waals surface area contributed by atoms with E-state index in [9.17, 15) is 0 Å². The van der Waals surface area contributed by atoms with Gasteiger partial charge in [0, 0.05) is 5.54 Å². The zero-order valence-corrected chi connectivity index (χ0v) is 11.5. The average molecular weight is 243 g/mol. The summed E-state index contributed by atoms with van der Waals surface area (Å²) in [5.41, 5.74) is 3.29. The number of rotatable bonds is 2. The lowest BCUT2D eigenvalue weighted by molar-refractivity contribution is 0.357. The summed E-state index contributed by atoms with van der Waals surface area (Å²) in [6.45, 7) is 3.56. The predicted octanol–water partition coefficient (Wildman–Crippen LogP) is 4.33. The topological polar surface area (TPSA) is 12.0 Å². The largest absolute Gasteiger partial charge is 0.308 e. The van der Waals surface area contributed by atoms with Crippen LogP contribution in [0.5, 0.6) is 0 Å². The molecule has 1 unspecified atom stereocenters. The van der Waals surface area contributed by atoms with E-state index in [4.69, 9.17) is 0 Å². The SMILES string of the molecule is CC1(c2cccc(C3CCC3)c2)CCCCCN1. The third-order valence-electron chi connectivity index (χ3n) is 4.97. The molecule has 98 valence electrons. The van der Waals surface area contributed by atoms with Gasteiger partial charge in [-0.05, 0) is 56.2 Å². The molecular formula is C17H25N. The van der Waals surface area contributed by atoms with Crippen molar-refractivity contribution in [3.8, 4) is 0 Å². The highest BCUT2D eigenvalue weighted by Crippen LogP contribution is 2.38. The minimum atomic E-state index is 0.205. The van der Waals surface area contributed by atoms with Gasteiger partial charge in [0.1, 0.15) is 0 Å². The molecule has 1 saturated heterocycles. The first-order chi connectivity index (χ1) is 8.78. The van der Waals surface area contributed by atoms with Crippen molar-refractivity contribution in [1.29, 1.82) is 0 Å². The molecule has 1 heterocycles. The van der Waals surface area contributed by atoms with E-state index in [0.717, 1.165) is 5.92 Å². The maximum Gasteiger partial charge on any atom is 0.0406 e. The summed E-state index contributed by atoms with van der Waals surface area (Å²) in [5, 5.41) is 3.78. The van der Waals surface area contributed by atoms with Crippen molar-refractivity contribution in [2.45, 2.75) is 63.3 Å². The maximum absolute atomic E-state index is 3.78. The smallest absolute Gasteiger partial charge is 0.0406 e. The Balaban J connectivity index is 1.85. The third-order valence-corrected chi connectivity index (χ3v) is 4.97. The molecule has 0 aromatic heterocycles. The molecule has 1 atom stereocenters. The Hall–Kier alpha value is -0.820. The summed E-state index contributed by atoms with van der Waals surface area (Å²) in [5.74, 6) is 0.847. The lowest BCUT2D eigenvalue weighted by Crippen LogP contribution is -2.38. The Labute approximate surface area is 111 Å². The molecule has 1 N–H and O–H groups in total. The first kappa shape index (κ1) is 12.2. The number of hydrogen-bond donors (Lipinski definition) is 1. The Kier molecular flexibility index (Phi) is 3.43. The highest BCUT2D eigenvalue weighted by atomic mass is 15.0. The van der Waals surface area contributed by atoms with E-state index < -0.39 is 0 Å². The molecule has 1 aromatic rings. The highest BCUT2D eigenvalue weighted by molar-refractivity contribution is 5.32. The molecule has 1 saturated carbocycles. The number of hydrogen-bond acceptors (Lipinski definition) is 1. The van der Waals surface area contributed by atoms with Crippen LogP contribution >= 0.6 is 0 Å². The minimum absolute atomic E-state index is 0.205. The summed E-state index contributed by atoms with van der Waals surface area (Å²) >= 11 is 0. The molecule has 3 rings (SSSR count). The number of nitrogens with one attached hydrogen (secondary N) is 1.